The molecule has 5 rings (SSSR count). The van der Waals surface area contributed by atoms with Gasteiger partial charge in [-0.25, -0.2) is 9.78 Å². The molecule has 4 aromatic rings. The van der Waals surface area contributed by atoms with Gasteiger partial charge in [-0.05, 0) is 24.1 Å². The number of amides is 2. The number of urea groups is 1. The van der Waals surface area contributed by atoms with Crippen molar-refractivity contribution >= 4 is 46.2 Å². The molecule has 2 amide bonds. The van der Waals surface area contributed by atoms with E-state index >= 15 is 0 Å². The Kier molecular flexibility index (Phi) is 7.73. The third-order valence-electron chi connectivity index (χ3n) is 6.53. The van der Waals surface area contributed by atoms with Crippen molar-refractivity contribution < 1.29 is 9.72 Å². The molecular weight excluding hydrogens is 522 g/mol. The zero-order valence-corrected chi connectivity index (χ0v) is 22.1. The first-order valence-corrected chi connectivity index (χ1v) is 13.0. The average molecular weight is 550 g/mol. The number of imidazole rings is 1. The lowest BCUT2D eigenvalue weighted by Gasteiger charge is -2.34. The van der Waals surface area contributed by atoms with Gasteiger partial charge in [-0.2, -0.15) is 9.97 Å². The molecule has 202 valence electrons. The van der Waals surface area contributed by atoms with Gasteiger partial charge in [-0.3, -0.25) is 10.1 Å². The summed E-state index contributed by atoms with van der Waals surface area (Å²) in [6.45, 7) is 5.64. The van der Waals surface area contributed by atoms with Crippen LogP contribution in [0, 0.1) is 10.1 Å². The fourth-order valence-electron chi connectivity index (χ4n) is 4.43. The van der Waals surface area contributed by atoms with Crippen LogP contribution in [-0.2, 0) is 13.1 Å². The maximum Gasteiger partial charge on any atom is 0.317 e. The molecule has 0 spiro atoms. The van der Waals surface area contributed by atoms with E-state index < -0.39 is 4.92 Å². The SMILES string of the molecule is CCNC(=O)N1CCN(c2nc(NCc3ccccc3Cl)c3ncn(Cc4ccc([N+](=O)[O-])cc4)c3n2)CC1. The van der Waals surface area contributed by atoms with Crippen LogP contribution < -0.4 is 15.5 Å². The number of carbonyl (C=O) groups excluding carboxylic acids is 1. The van der Waals surface area contributed by atoms with E-state index in [4.69, 9.17) is 21.6 Å². The second-order valence-corrected chi connectivity index (χ2v) is 9.50. The summed E-state index contributed by atoms with van der Waals surface area (Å²) in [5.74, 6) is 1.11. The summed E-state index contributed by atoms with van der Waals surface area (Å²) in [6.07, 6.45) is 1.69. The highest BCUT2D eigenvalue weighted by Gasteiger charge is 2.24. The first kappa shape index (κ1) is 26.2. The number of fused-ring (bicyclic) bond motifs is 1. The Balaban J connectivity index is 1.44. The third kappa shape index (κ3) is 5.85. The van der Waals surface area contributed by atoms with Crippen LogP contribution in [0.25, 0.3) is 11.2 Å². The Morgan fingerprint density at radius 3 is 2.51 bits per heavy atom. The van der Waals surface area contributed by atoms with Crippen LogP contribution in [0.2, 0.25) is 5.02 Å². The number of piperazine rings is 1. The third-order valence-corrected chi connectivity index (χ3v) is 6.90. The Bertz CT molecular complexity index is 1480. The van der Waals surface area contributed by atoms with E-state index in [-0.39, 0.29) is 11.7 Å². The molecule has 2 N–H and O–H groups in total. The molecule has 2 aromatic carbocycles. The zero-order valence-electron chi connectivity index (χ0n) is 21.4. The predicted octanol–water partition coefficient (Wildman–Crippen LogP) is 3.90. The number of benzene rings is 2. The maximum absolute atomic E-state index is 12.3. The highest BCUT2D eigenvalue weighted by molar-refractivity contribution is 6.31. The minimum Gasteiger partial charge on any atom is -0.364 e. The van der Waals surface area contributed by atoms with E-state index in [1.165, 1.54) is 12.1 Å². The second-order valence-electron chi connectivity index (χ2n) is 9.09. The lowest BCUT2D eigenvalue weighted by atomic mass is 10.2. The molecule has 1 fully saturated rings. The molecular formula is C26H28ClN9O3. The van der Waals surface area contributed by atoms with Crippen LogP contribution in [0.5, 0.6) is 0 Å². The van der Waals surface area contributed by atoms with Gasteiger partial charge in [0.25, 0.3) is 5.69 Å². The predicted molar refractivity (Wildman–Crippen MR) is 149 cm³/mol. The van der Waals surface area contributed by atoms with Crippen molar-refractivity contribution in [3.05, 3.63) is 81.1 Å². The number of hydrogen-bond acceptors (Lipinski definition) is 8. The van der Waals surface area contributed by atoms with Gasteiger partial charge >= 0.3 is 6.03 Å². The molecule has 39 heavy (non-hydrogen) atoms. The van der Waals surface area contributed by atoms with E-state index in [1.54, 1.807) is 23.4 Å². The van der Waals surface area contributed by atoms with Gasteiger partial charge in [-0.15, -0.1) is 0 Å². The minimum atomic E-state index is -0.418. The fourth-order valence-corrected chi connectivity index (χ4v) is 4.63. The summed E-state index contributed by atoms with van der Waals surface area (Å²) >= 11 is 6.37. The number of nitrogens with zero attached hydrogens (tertiary/aromatic N) is 7. The van der Waals surface area contributed by atoms with Crippen molar-refractivity contribution in [2.24, 2.45) is 0 Å². The van der Waals surface area contributed by atoms with Crippen molar-refractivity contribution in [1.82, 2.24) is 29.7 Å². The molecule has 0 bridgehead atoms. The summed E-state index contributed by atoms with van der Waals surface area (Å²) in [6, 6.07) is 13.9. The first-order chi connectivity index (χ1) is 18.9. The molecule has 12 nitrogen and oxygen atoms in total. The normalized spacial score (nSPS) is 13.5. The Labute approximate surface area is 229 Å². The summed E-state index contributed by atoms with van der Waals surface area (Å²) in [4.78, 5) is 41.0. The van der Waals surface area contributed by atoms with Crippen LogP contribution in [0.15, 0.2) is 54.9 Å². The second kappa shape index (κ2) is 11.5. The molecule has 2 aromatic heterocycles. The Morgan fingerprint density at radius 2 is 1.82 bits per heavy atom. The molecule has 1 saturated heterocycles. The smallest absolute Gasteiger partial charge is 0.317 e. The van der Waals surface area contributed by atoms with Gasteiger partial charge in [0.1, 0.15) is 0 Å². The number of nitrogens with one attached hydrogen (secondary N) is 2. The maximum atomic E-state index is 12.3. The monoisotopic (exact) mass is 549 g/mol. The number of nitro groups is 1. The number of non-ortho nitro benzene ring substituents is 1. The summed E-state index contributed by atoms with van der Waals surface area (Å²) < 4.78 is 1.90. The fraction of sp³-hybridized carbons (Fsp3) is 0.308. The number of carbonyl (C=O) groups is 1. The van der Waals surface area contributed by atoms with Crippen LogP contribution >= 0.6 is 11.6 Å². The number of hydrogen-bond donors (Lipinski definition) is 2. The van der Waals surface area contributed by atoms with Crippen LogP contribution in [-0.4, -0.2) is 68.1 Å². The van der Waals surface area contributed by atoms with Gasteiger partial charge in [0, 0.05) is 56.4 Å². The Morgan fingerprint density at radius 1 is 1.08 bits per heavy atom. The van der Waals surface area contributed by atoms with Crippen molar-refractivity contribution in [1.29, 1.82) is 0 Å². The highest BCUT2D eigenvalue weighted by Crippen LogP contribution is 2.26. The van der Waals surface area contributed by atoms with E-state index in [9.17, 15) is 14.9 Å². The standard InChI is InChI=1S/C26H28ClN9O3/c1-2-28-26(37)34-13-11-33(12-14-34)25-31-23(29-15-19-5-3-4-6-21(19)27)22-24(32-25)35(17-30-22)16-18-7-9-20(10-8-18)36(38)39/h3-10,17H,2,11-16H2,1H3,(H,28,37)(H,29,31,32). The minimum absolute atomic E-state index is 0.0386. The molecule has 1 aliphatic rings. The molecule has 0 radical (unpaired) electrons. The molecule has 0 unspecified atom stereocenters. The molecule has 13 heteroatoms. The lowest BCUT2D eigenvalue weighted by Crippen LogP contribution is -2.52. The highest BCUT2D eigenvalue weighted by atomic mass is 35.5. The van der Waals surface area contributed by atoms with Crippen molar-refractivity contribution in [3.8, 4) is 0 Å². The van der Waals surface area contributed by atoms with Crippen LogP contribution in [0.1, 0.15) is 18.1 Å². The molecule has 0 atom stereocenters. The molecule has 1 aliphatic heterocycles. The molecule has 0 saturated carbocycles. The van der Waals surface area contributed by atoms with E-state index in [1.807, 2.05) is 35.8 Å². The number of rotatable bonds is 8. The average Bonchev–Trinajstić information content (AvgIpc) is 3.35. The van der Waals surface area contributed by atoms with Crippen molar-refractivity contribution in [3.63, 3.8) is 0 Å². The summed E-state index contributed by atoms with van der Waals surface area (Å²) in [5.41, 5.74) is 3.08. The number of nitro benzene ring substituents is 1. The number of aromatic nitrogens is 4. The van der Waals surface area contributed by atoms with Gasteiger partial charge in [0.05, 0.1) is 17.8 Å². The first-order valence-electron chi connectivity index (χ1n) is 12.6. The van der Waals surface area contributed by atoms with E-state index in [2.05, 4.69) is 20.5 Å². The number of halogens is 1. The molecule has 3 heterocycles. The summed E-state index contributed by atoms with van der Waals surface area (Å²) in [7, 11) is 0. The van der Waals surface area contributed by atoms with Gasteiger partial charge in [-0.1, -0.05) is 41.9 Å². The topological polar surface area (TPSA) is 134 Å². The van der Waals surface area contributed by atoms with E-state index in [0.29, 0.717) is 73.8 Å². The van der Waals surface area contributed by atoms with Crippen LogP contribution in [0.3, 0.4) is 0 Å². The quantitative estimate of drug-likeness (QED) is 0.249. The molecule has 0 aliphatic carbocycles. The van der Waals surface area contributed by atoms with Crippen molar-refractivity contribution in [2.45, 2.75) is 20.0 Å². The summed E-state index contributed by atoms with van der Waals surface area (Å²) in [5, 5.41) is 17.9. The van der Waals surface area contributed by atoms with Crippen molar-refractivity contribution in [2.75, 3.05) is 42.9 Å². The Hall–Kier alpha value is -4.45. The van der Waals surface area contributed by atoms with Crippen LogP contribution in [0.4, 0.5) is 22.2 Å². The van der Waals surface area contributed by atoms with Gasteiger partial charge in [0.2, 0.25) is 5.95 Å². The number of anilines is 2. The zero-order chi connectivity index (χ0) is 27.4. The van der Waals surface area contributed by atoms with Gasteiger partial charge in [0.15, 0.2) is 17.0 Å². The lowest BCUT2D eigenvalue weighted by molar-refractivity contribution is -0.384. The van der Waals surface area contributed by atoms with E-state index in [0.717, 1.165) is 11.1 Å². The van der Waals surface area contributed by atoms with Gasteiger partial charge < -0.3 is 25.0 Å². The largest absolute Gasteiger partial charge is 0.364 e.